The Bertz CT molecular complexity index is 387. The summed E-state index contributed by atoms with van der Waals surface area (Å²) in [5, 5.41) is 23.7. The molecule has 0 rings (SSSR count). The Morgan fingerprint density at radius 3 is 0.667 bits per heavy atom. The molecule has 0 radical (unpaired) electrons. The Labute approximate surface area is 141 Å². The highest BCUT2D eigenvalue weighted by Crippen LogP contribution is 1.82. The van der Waals surface area contributed by atoms with E-state index in [0.29, 0.717) is 5.57 Å². The minimum atomic E-state index is -0.935. The van der Waals surface area contributed by atoms with E-state index < -0.39 is 23.8 Å². The molecule has 8 heteroatoms. The number of carbonyl (C=O) groups is 4. The van der Waals surface area contributed by atoms with E-state index in [2.05, 4.69) is 26.3 Å². The fraction of sp³-hybridized carbons (Fsp3) is 0.250. The smallest absolute Gasteiger partial charge is 0.330 e. The highest BCUT2D eigenvalue weighted by atomic mass is 16.4. The van der Waals surface area contributed by atoms with E-state index in [0.717, 1.165) is 0 Å². The van der Waals surface area contributed by atoms with Crippen LogP contribution in [-0.4, -0.2) is 39.1 Å². The van der Waals surface area contributed by atoms with E-state index >= 15 is 0 Å². The molecule has 5 N–H and O–H groups in total. The molecule has 0 bridgehead atoms. The molecule has 0 heterocycles. The van der Waals surface area contributed by atoms with Gasteiger partial charge in [0.25, 0.3) is 0 Å². The van der Waals surface area contributed by atoms with Crippen molar-refractivity contribution in [1.82, 2.24) is 0 Å². The van der Waals surface area contributed by atoms with Gasteiger partial charge in [0.05, 0.1) is 0 Å². The number of nitrogens with two attached hydrogens (primary N) is 1. The van der Waals surface area contributed by atoms with E-state index in [9.17, 15) is 19.2 Å². The van der Waals surface area contributed by atoms with E-state index in [1.807, 2.05) is 0 Å². The molecular formula is C16H25NO7. The average Bonchev–Trinajstić information content (AvgIpc) is 2.40. The van der Waals surface area contributed by atoms with Gasteiger partial charge in [-0.05, 0) is 27.7 Å². The number of hydrogen-bond acceptors (Lipinski definition) is 4. The molecule has 0 aromatic rings. The standard InChI is InChI=1S/C4H7NO.3C4H6O2/c4*1-3(2)4(5)6/h1H2,2H3,(H2,5,6);3*1H2,2H3,(H,5,6). The normalized spacial score (nSPS) is 7.50. The van der Waals surface area contributed by atoms with Gasteiger partial charge in [0.1, 0.15) is 0 Å². The molecule has 1 amide bonds. The SMILES string of the molecule is C=C(C)C(=O)O.C=C(C)C(=O)O.C=C(C)C(=O)O.C=C(C)C(N)=O. The summed E-state index contributed by atoms with van der Waals surface area (Å²) in [6.07, 6.45) is 0. The fourth-order valence-electron chi connectivity index (χ4n) is 0. The van der Waals surface area contributed by atoms with Gasteiger partial charge in [0.15, 0.2) is 0 Å². The van der Waals surface area contributed by atoms with E-state index in [1.54, 1.807) is 6.92 Å². The van der Waals surface area contributed by atoms with E-state index in [-0.39, 0.29) is 16.7 Å². The maximum absolute atomic E-state index is 9.82. The first kappa shape index (κ1) is 28.9. The summed E-state index contributed by atoms with van der Waals surface area (Å²) < 4.78 is 0. The summed E-state index contributed by atoms with van der Waals surface area (Å²) in [4.78, 5) is 38.6. The van der Waals surface area contributed by atoms with Crippen molar-refractivity contribution in [1.29, 1.82) is 0 Å². The first-order valence-electron chi connectivity index (χ1n) is 6.19. The van der Waals surface area contributed by atoms with E-state index in [4.69, 9.17) is 21.1 Å². The fourth-order valence-corrected chi connectivity index (χ4v) is 0. The molecule has 136 valence electrons. The van der Waals surface area contributed by atoms with Crippen LogP contribution in [0.3, 0.4) is 0 Å². The van der Waals surface area contributed by atoms with Crippen molar-refractivity contribution in [2.45, 2.75) is 27.7 Å². The average molecular weight is 343 g/mol. The topological polar surface area (TPSA) is 155 Å². The van der Waals surface area contributed by atoms with Crippen LogP contribution in [0.5, 0.6) is 0 Å². The molecule has 0 spiro atoms. The highest BCUT2D eigenvalue weighted by molar-refractivity contribution is 5.90. The zero-order valence-corrected chi connectivity index (χ0v) is 14.4. The van der Waals surface area contributed by atoms with Crippen molar-refractivity contribution in [2.75, 3.05) is 0 Å². The third-order valence-corrected chi connectivity index (χ3v) is 1.52. The molecular weight excluding hydrogens is 318 g/mol. The molecule has 0 unspecified atom stereocenters. The summed E-state index contributed by atoms with van der Waals surface area (Å²) >= 11 is 0. The van der Waals surface area contributed by atoms with Crippen LogP contribution in [-0.2, 0) is 19.2 Å². The summed E-state index contributed by atoms with van der Waals surface area (Å²) in [6, 6.07) is 0. The number of amides is 1. The zero-order valence-electron chi connectivity index (χ0n) is 14.4. The van der Waals surface area contributed by atoms with Crippen molar-refractivity contribution in [3.8, 4) is 0 Å². The van der Waals surface area contributed by atoms with Gasteiger partial charge < -0.3 is 21.1 Å². The third-order valence-electron chi connectivity index (χ3n) is 1.52. The van der Waals surface area contributed by atoms with Gasteiger partial charge in [0, 0.05) is 22.3 Å². The third kappa shape index (κ3) is 36.4. The summed E-state index contributed by atoms with van der Waals surface area (Å²) in [7, 11) is 0. The minimum Gasteiger partial charge on any atom is -0.478 e. The second kappa shape index (κ2) is 16.2. The van der Waals surface area contributed by atoms with Gasteiger partial charge in [-0.15, -0.1) is 0 Å². The molecule has 0 aromatic heterocycles. The lowest BCUT2D eigenvalue weighted by Crippen LogP contribution is -2.10. The number of carboxylic acid groups (broad SMARTS) is 3. The lowest BCUT2D eigenvalue weighted by atomic mass is 10.3. The minimum absolute atomic E-state index is 0.176. The van der Waals surface area contributed by atoms with Gasteiger partial charge >= 0.3 is 17.9 Å². The Morgan fingerprint density at radius 2 is 0.667 bits per heavy atom. The number of carbonyl (C=O) groups excluding carboxylic acids is 1. The van der Waals surface area contributed by atoms with Gasteiger partial charge in [-0.2, -0.15) is 0 Å². The molecule has 0 aliphatic heterocycles. The second-order valence-corrected chi connectivity index (χ2v) is 4.40. The summed E-state index contributed by atoms with van der Waals surface area (Å²) in [5.74, 6) is -3.24. The molecule has 24 heavy (non-hydrogen) atoms. The van der Waals surface area contributed by atoms with Crippen LogP contribution in [0.2, 0.25) is 0 Å². The Kier molecular flexibility index (Phi) is 19.5. The number of primary amides is 1. The first-order valence-corrected chi connectivity index (χ1v) is 6.19. The molecule has 8 nitrogen and oxygen atoms in total. The van der Waals surface area contributed by atoms with Crippen molar-refractivity contribution >= 4 is 23.8 Å². The van der Waals surface area contributed by atoms with Crippen LogP contribution >= 0.6 is 0 Å². The van der Waals surface area contributed by atoms with Gasteiger partial charge in [-0.25, -0.2) is 14.4 Å². The molecule has 0 saturated carbocycles. The molecule has 0 aliphatic rings. The van der Waals surface area contributed by atoms with Crippen molar-refractivity contribution in [2.24, 2.45) is 5.73 Å². The van der Waals surface area contributed by atoms with Gasteiger partial charge in [-0.1, -0.05) is 26.3 Å². The lowest BCUT2D eigenvalue weighted by molar-refractivity contribution is -0.133. The lowest BCUT2D eigenvalue weighted by Gasteiger charge is -1.81. The largest absolute Gasteiger partial charge is 0.478 e. The number of aliphatic carboxylic acids is 3. The van der Waals surface area contributed by atoms with Gasteiger partial charge in [0.2, 0.25) is 5.91 Å². The molecule has 0 atom stereocenters. The van der Waals surface area contributed by atoms with Crippen molar-refractivity contribution in [3.05, 3.63) is 48.6 Å². The second-order valence-electron chi connectivity index (χ2n) is 4.40. The Balaban J connectivity index is -0.000000111. The predicted molar refractivity (Wildman–Crippen MR) is 91.4 cm³/mol. The number of rotatable bonds is 4. The highest BCUT2D eigenvalue weighted by Gasteiger charge is 1.91. The maximum atomic E-state index is 9.82. The Hall–Kier alpha value is -3.16. The quantitative estimate of drug-likeness (QED) is 0.569. The van der Waals surface area contributed by atoms with Gasteiger partial charge in [-0.3, -0.25) is 4.79 Å². The molecule has 0 aromatic carbocycles. The van der Waals surface area contributed by atoms with Crippen LogP contribution in [0.25, 0.3) is 0 Å². The van der Waals surface area contributed by atoms with Crippen LogP contribution in [0.15, 0.2) is 48.6 Å². The monoisotopic (exact) mass is 343 g/mol. The molecule has 0 aliphatic carbocycles. The van der Waals surface area contributed by atoms with Crippen LogP contribution in [0, 0.1) is 0 Å². The zero-order chi connectivity index (χ0) is 20.6. The van der Waals surface area contributed by atoms with Crippen molar-refractivity contribution in [3.63, 3.8) is 0 Å². The van der Waals surface area contributed by atoms with Crippen LogP contribution in [0.4, 0.5) is 0 Å². The first-order chi connectivity index (χ1) is 10.6. The maximum Gasteiger partial charge on any atom is 0.330 e. The van der Waals surface area contributed by atoms with Crippen LogP contribution < -0.4 is 5.73 Å². The summed E-state index contributed by atoms with van der Waals surface area (Å²) in [5.41, 5.74) is 5.62. The number of hydrogen-bond donors (Lipinski definition) is 4. The van der Waals surface area contributed by atoms with E-state index in [1.165, 1.54) is 20.8 Å². The molecule has 0 fully saturated rings. The number of carboxylic acids is 3. The van der Waals surface area contributed by atoms with Crippen LogP contribution in [0.1, 0.15) is 27.7 Å². The van der Waals surface area contributed by atoms with Crippen molar-refractivity contribution < 1.29 is 34.5 Å². The summed E-state index contributed by atoms with van der Waals surface area (Å²) in [6.45, 7) is 18.7. The Morgan fingerprint density at radius 1 is 0.583 bits per heavy atom. The predicted octanol–water partition coefficient (Wildman–Crippen LogP) is 1.99. The molecule has 0 saturated heterocycles.